The summed E-state index contributed by atoms with van der Waals surface area (Å²) < 4.78 is 13.3. The van der Waals surface area contributed by atoms with Gasteiger partial charge in [-0.1, -0.05) is 50.1 Å². The predicted octanol–water partition coefficient (Wildman–Crippen LogP) is 5.01. The van der Waals surface area contributed by atoms with Crippen molar-refractivity contribution in [2.75, 3.05) is 0 Å². The molecular weight excluding hydrogens is 235 g/mol. The van der Waals surface area contributed by atoms with Gasteiger partial charge in [-0.2, -0.15) is 0 Å². The maximum absolute atomic E-state index is 13.3. The Morgan fingerprint density at radius 3 is 2.58 bits per heavy atom. The van der Waals surface area contributed by atoms with Crippen molar-refractivity contribution in [1.82, 2.24) is 0 Å². The van der Waals surface area contributed by atoms with Gasteiger partial charge in [0.15, 0.2) is 0 Å². The minimum atomic E-state index is -0.165. The Hall–Kier alpha value is -1.63. The molecule has 0 radical (unpaired) electrons. The highest BCUT2D eigenvalue weighted by atomic mass is 19.1. The quantitative estimate of drug-likeness (QED) is 0.722. The van der Waals surface area contributed by atoms with Crippen LogP contribution in [-0.2, 0) is 12.8 Å². The molecule has 1 atom stereocenters. The van der Waals surface area contributed by atoms with Gasteiger partial charge in [-0.05, 0) is 53.1 Å². The summed E-state index contributed by atoms with van der Waals surface area (Å²) in [5, 5.41) is 0. The first-order valence-electron chi connectivity index (χ1n) is 7.14. The molecule has 0 bridgehead atoms. The smallest absolute Gasteiger partial charge is 0.123 e. The molecule has 0 heterocycles. The molecule has 0 aliphatic heterocycles. The third-order valence-corrected chi connectivity index (χ3v) is 4.08. The van der Waals surface area contributed by atoms with Gasteiger partial charge in [0.25, 0.3) is 0 Å². The summed E-state index contributed by atoms with van der Waals surface area (Å²) in [6, 6.07) is 13.5. The van der Waals surface area contributed by atoms with E-state index >= 15 is 0 Å². The van der Waals surface area contributed by atoms with Crippen molar-refractivity contribution in [1.29, 1.82) is 0 Å². The average Bonchev–Trinajstić information content (AvgIpc) is 2.80. The van der Waals surface area contributed by atoms with E-state index in [2.05, 4.69) is 25.1 Å². The van der Waals surface area contributed by atoms with Crippen molar-refractivity contribution < 1.29 is 4.39 Å². The van der Waals surface area contributed by atoms with Crippen molar-refractivity contribution in [3.05, 3.63) is 59.4 Å². The number of rotatable bonds is 3. The number of halogens is 1. The summed E-state index contributed by atoms with van der Waals surface area (Å²) in [6.07, 6.45) is 4.97. The zero-order chi connectivity index (χ0) is 13.2. The molecule has 0 saturated carbocycles. The lowest BCUT2D eigenvalue weighted by Crippen LogP contribution is -1.97. The summed E-state index contributed by atoms with van der Waals surface area (Å²) >= 11 is 0. The summed E-state index contributed by atoms with van der Waals surface area (Å²) in [6.45, 7) is 2.25. The van der Waals surface area contributed by atoms with Gasteiger partial charge < -0.3 is 0 Å². The first-order chi connectivity index (χ1) is 9.26. The molecule has 1 heteroatoms. The van der Waals surface area contributed by atoms with Crippen LogP contribution in [-0.4, -0.2) is 0 Å². The van der Waals surface area contributed by atoms with E-state index in [1.807, 2.05) is 6.07 Å². The first kappa shape index (κ1) is 12.4. The molecule has 0 nitrogen and oxygen atoms in total. The molecule has 98 valence electrons. The Balaban J connectivity index is 1.90. The second kappa shape index (κ2) is 5.16. The molecule has 1 aliphatic rings. The van der Waals surface area contributed by atoms with Gasteiger partial charge in [0.05, 0.1) is 0 Å². The lowest BCUT2D eigenvalue weighted by Gasteiger charge is -2.05. The summed E-state index contributed by atoms with van der Waals surface area (Å²) in [5.41, 5.74) is 5.05. The molecule has 0 spiro atoms. The Morgan fingerprint density at radius 1 is 1.00 bits per heavy atom. The normalized spacial score (nSPS) is 17.5. The SMILES string of the molecule is CCCC1Cc2ccc(-c3cccc(F)c3)cc2C1. The summed E-state index contributed by atoms with van der Waals surface area (Å²) in [4.78, 5) is 0. The van der Waals surface area contributed by atoms with Gasteiger partial charge in [0.1, 0.15) is 5.82 Å². The third kappa shape index (κ3) is 2.56. The van der Waals surface area contributed by atoms with Crippen LogP contribution in [0.4, 0.5) is 4.39 Å². The monoisotopic (exact) mass is 254 g/mol. The van der Waals surface area contributed by atoms with E-state index in [9.17, 15) is 4.39 Å². The highest BCUT2D eigenvalue weighted by Gasteiger charge is 2.20. The highest BCUT2D eigenvalue weighted by Crippen LogP contribution is 2.33. The van der Waals surface area contributed by atoms with Crippen molar-refractivity contribution in [2.24, 2.45) is 5.92 Å². The molecule has 3 rings (SSSR count). The van der Waals surface area contributed by atoms with Gasteiger partial charge in [-0.3, -0.25) is 0 Å². The van der Waals surface area contributed by atoms with E-state index in [4.69, 9.17) is 0 Å². The molecular formula is C18H19F. The van der Waals surface area contributed by atoms with E-state index in [1.165, 1.54) is 42.9 Å². The van der Waals surface area contributed by atoms with Crippen LogP contribution in [0.5, 0.6) is 0 Å². The molecule has 0 fully saturated rings. The van der Waals surface area contributed by atoms with E-state index < -0.39 is 0 Å². The molecule has 2 aromatic rings. The molecule has 0 saturated heterocycles. The fourth-order valence-electron chi connectivity index (χ4n) is 3.17. The first-order valence-corrected chi connectivity index (χ1v) is 7.14. The lowest BCUT2D eigenvalue weighted by molar-refractivity contribution is 0.507. The van der Waals surface area contributed by atoms with Crippen molar-refractivity contribution in [2.45, 2.75) is 32.6 Å². The summed E-state index contributed by atoms with van der Waals surface area (Å²) in [7, 11) is 0. The molecule has 1 unspecified atom stereocenters. The topological polar surface area (TPSA) is 0 Å². The number of fused-ring (bicyclic) bond motifs is 1. The second-order valence-electron chi connectivity index (χ2n) is 5.56. The maximum atomic E-state index is 13.3. The van der Waals surface area contributed by atoms with Crippen LogP contribution in [0.2, 0.25) is 0 Å². The van der Waals surface area contributed by atoms with Gasteiger partial charge in [-0.15, -0.1) is 0 Å². The van der Waals surface area contributed by atoms with Gasteiger partial charge in [0.2, 0.25) is 0 Å². The Labute approximate surface area is 114 Å². The minimum absolute atomic E-state index is 0.165. The zero-order valence-electron chi connectivity index (χ0n) is 11.3. The second-order valence-corrected chi connectivity index (χ2v) is 5.56. The lowest BCUT2D eigenvalue weighted by atomic mass is 10.00. The fourth-order valence-corrected chi connectivity index (χ4v) is 3.17. The van der Waals surface area contributed by atoms with Crippen LogP contribution >= 0.6 is 0 Å². The predicted molar refractivity (Wildman–Crippen MR) is 77.6 cm³/mol. The fraction of sp³-hybridized carbons (Fsp3) is 0.333. The highest BCUT2D eigenvalue weighted by molar-refractivity contribution is 5.65. The van der Waals surface area contributed by atoms with Crippen LogP contribution in [0, 0.1) is 11.7 Å². The number of hydrogen-bond donors (Lipinski definition) is 0. The molecule has 19 heavy (non-hydrogen) atoms. The van der Waals surface area contributed by atoms with Crippen molar-refractivity contribution in [3.63, 3.8) is 0 Å². The maximum Gasteiger partial charge on any atom is 0.123 e. The van der Waals surface area contributed by atoms with Crippen LogP contribution in [0.25, 0.3) is 11.1 Å². The summed E-state index contributed by atoms with van der Waals surface area (Å²) in [5.74, 6) is 0.643. The van der Waals surface area contributed by atoms with Gasteiger partial charge in [0, 0.05) is 0 Å². The molecule has 1 aliphatic carbocycles. The Kier molecular flexibility index (Phi) is 3.37. The largest absolute Gasteiger partial charge is 0.207 e. The average molecular weight is 254 g/mol. The molecule has 0 N–H and O–H groups in total. The van der Waals surface area contributed by atoms with Crippen LogP contribution < -0.4 is 0 Å². The Morgan fingerprint density at radius 2 is 1.79 bits per heavy atom. The van der Waals surface area contributed by atoms with Crippen LogP contribution in [0.1, 0.15) is 30.9 Å². The van der Waals surface area contributed by atoms with Gasteiger partial charge >= 0.3 is 0 Å². The van der Waals surface area contributed by atoms with Crippen LogP contribution in [0.15, 0.2) is 42.5 Å². The van der Waals surface area contributed by atoms with E-state index in [1.54, 1.807) is 12.1 Å². The third-order valence-electron chi connectivity index (χ3n) is 4.08. The van der Waals surface area contributed by atoms with E-state index in [0.717, 1.165) is 17.0 Å². The Bertz CT molecular complexity index is 586. The van der Waals surface area contributed by atoms with E-state index in [-0.39, 0.29) is 5.82 Å². The molecule has 0 aromatic heterocycles. The minimum Gasteiger partial charge on any atom is -0.207 e. The van der Waals surface area contributed by atoms with Crippen molar-refractivity contribution in [3.8, 4) is 11.1 Å². The standard InChI is InChI=1S/C18H19F/c1-2-4-13-9-15-7-8-16(11-17(15)10-13)14-5-3-6-18(19)12-14/h3,5-8,11-13H,2,4,9-10H2,1H3. The molecule has 0 amide bonds. The van der Waals surface area contributed by atoms with Gasteiger partial charge in [-0.25, -0.2) is 4.39 Å². The van der Waals surface area contributed by atoms with E-state index in [0.29, 0.717) is 0 Å². The number of benzene rings is 2. The zero-order valence-corrected chi connectivity index (χ0v) is 11.3. The number of hydrogen-bond acceptors (Lipinski definition) is 0. The molecule has 2 aromatic carbocycles. The van der Waals surface area contributed by atoms with Crippen LogP contribution in [0.3, 0.4) is 0 Å². The van der Waals surface area contributed by atoms with Crippen molar-refractivity contribution >= 4 is 0 Å².